The third-order valence-corrected chi connectivity index (χ3v) is 7.98. The minimum Gasteiger partial charge on any atom is -0.399 e. The lowest BCUT2D eigenvalue weighted by Gasteiger charge is -2.23. The summed E-state index contributed by atoms with van der Waals surface area (Å²) in [5.74, 6) is 1.65. The van der Waals surface area contributed by atoms with E-state index in [9.17, 15) is 0 Å². The molecule has 1 heterocycles. The summed E-state index contributed by atoms with van der Waals surface area (Å²) in [5.41, 5.74) is 1.66. The van der Waals surface area contributed by atoms with Crippen molar-refractivity contribution < 1.29 is 0 Å². The van der Waals surface area contributed by atoms with Crippen LogP contribution in [0.25, 0.3) is 0 Å². The van der Waals surface area contributed by atoms with Gasteiger partial charge in [0.1, 0.15) is 0 Å². The molecule has 1 aromatic heterocycles. The molecular weight excluding hydrogens is 409 g/mol. The van der Waals surface area contributed by atoms with E-state index in [1.165, 1.54) is 149 Å². The van der Waals surface area contributed by atoms with Gasteiger partial charge in [-0.1, -0.05) is 156 Å². The summed E-state index contributed by atoms with van der Waals surface area (Å²) < 4.78 is 2.70. The summed E-state index contributed by atoms with van der Waals surface area (Å²) in [7, 11) is 1.27. The lowest BCUT2D eigenvalue weighted by Crippen LogP contribution is -2.18. The van der Waals surface area contributed by atoms with Gasteiger partial charge in [-0.05, 0) is 42.9 Å². The Kier molecular flexibility index (Phi) is 21.0. The van der Waals surface area contributed by atoms with Gasteiger partial charge in [0.2, 0.25) is 7.41 Å². The van der Waals surface area contributed by atoms with Gasteiger partial charge in [0.25, 0.3) is 0 Å². The summed E-state index contributed by atoms with van der Waals surface area (Å²) in [6.45, 7) is 9.32. The largest absolute Gasteiger partial charge is 0.399 e. The summed E-state index contributed by atoms with van der Waals surface area (Å²) in [6, 6.07) is 4.82. The number of hydrogen-bond donors (Lipinski definition) is 0. The van der Waals surface area contributed by atoms with Crippen LogP contribution in [0.3, 0.4) is 0 Å². The maximum atomic E-state index is 2.70. The zero-order valence-electron chi connectivity index (χ0n) is 24.1. The Morgan fingerprint density at radius 2 is 0.971 bits per heavy atom. The predicted molar refractivity (Wildman–Crippen MR) is 158 cm³/mol. The third-order valence-electron chi connectivity index (χ3n) is 7.98. The molecule has 0 fully saturated rings. The van der Waals surface area contributed by atoms with Crippen LogP contribution in [-0.4, -0.2) is 11.9 Å². The Hall–Kier alpha value is -0.655. The number of nitrogens with zero attached hydrogens (tertiary/aromatic N) is 1. The molecule has 0 radical (unpaired) electrons. The lowest BCUT2D eigenvalue weighted by molar-refractivity contribution is 0.485. The molecule has 0 aliphatic heterocycles. The molecule has 1 rings (SSSR count). The molecule has 0 N–H and O–H groups in total. The van der Waals surface area contributed by atoms with E-state index < -0.39 is 0 Å². The van der Waals surface area contributed by atoms with Crippen LogP contribution in [0.15, 0.2) is 18.3 Å². The maximum Gasteiger partial charge on any atom is 0.244 e. The molecule has 0 aromatic carbocycles. The fourth-order valence-corrected chi connectivity index (χ4v) is 5.72. The molecule has 1 nitrogen and oxygen atoms in total. The molecule has 34 heavy (non-hydrogen) atoms. The molecule has 2 heteroatoms. The van der Waals surface area contributed by atoms with Crippen LogP contribution in [0.4, 0.5) is 0 Å². The molecule has 0 saturated heterocycles. The smallest absolute Gasteiger partial charge is 0.244 e. The van der Waals surface area contributed by atoms with E-state index in [2.05, 4.69) is 50.5 Å². The van der Waals surface area contributed by atoms with Crippen molar-refractivity contribution in [2.24, 2.45) is 0 Å². The van der Waals surface area contributed by atoms with Crippen LogP contribution in [-0.2, 0) is 0 Å². The zero-order valence-corrected chi connectivity index (χ0v) is 24.1. The molecule has 0 aliphatic rings. The fourth-order valence-electron chi connectivity index (χ4n) is 5.72. The monoisotopic (exact) mass is 471 g/mol. The Balaban J connectivity index is 2.74. The second-order valence-electron chi connectivity index (χ2n) is 11.3. The van der Waals surface area contributed by atoms with Crippen molar-refractivity contribution in [1.29, 1.82) is 0 Å². The molecule has 1 aromatic rings. The Morgan fingerprint density at radius 3 is 1.44 bits per heavy atom. The second-order valence-corrected chi connectivity index (χ2v) is 11.3. The Labute approximate surface area is 216 Å². The quantitative estimate of drug-likeness (QED) is 0.0987. The van der Waals surface area contributed by atoms with Gasteiger partial charge in [-0.15, -0.1) is 0 Å². The van der Waals surface area contributed by atoms with E-state index in [-0.39, 0.29) is 0 Å². The van der Waals surface area contributed by atoms with Gasteiger partial charge in [-0.25, -0.2) is 0 Å². The lowest BCUT2D eigenvalue weighted by atomic mass is 9.69. The molecule has 0 aliphatic carbocycles. The molecule has 0 saturated carbocycles. The van der Waals surface area contributed by atoms with E-state index in [1.54, 1.807) is 5.69 Å². The number of aromatic nitrogens is 1. The normalized spacial score (nSPS) is 11.7. The molecule has 0 bridgehead atoms. The van der Waals surface area contributed by atoms with Gasteiger partial charge in [-0.3, -0.25) is 0 Å². The first-order valence-corrected chi connectivity index (χ1v) is 15.9. The van der Waals surface area contributed by atoms with Crippen LogP contribution in [0.1, 0.15) is 181 Å². The minimum atomic E-state index is 0.776. The van der Waals surface area contributed by atoms with Crippen molar-refractivity contribution in [2.75, 3.05) is 0 Å². The standard InChI is InChI=1S/C32H62BN/c1-5-9-13-17-21-26-31(27-22-18-14-10-6-2)33-34-29-23-28-32(34)30(24-19-15-11-7-3)25-20-16-12-8-4/h23,28-31,33H,5-22,24-27H2,1-4H3. The Morgan fingerprint density at radius 1 is 0.559 bits per heavy atom. The van der Waals surface area contributed by atoms with Gasteiger partial charge in [0.05, 0.1) is 0 Å². The van der Waals surface area contributed by atoms with Gasteiger partial charge in [-0.2, -0.15) is 0 Å². The van der Waals surface area contributed by atoms with Crippen LogP contribution >= 0.6 is 0 Å². The van der Waals surface area contributed by atoms with Crippen LogP contribution in [0.5, 0.6) is 0 Å². The van der Waals surface area contributed by atoms with E-state index in [1.807, 2.05) is 0 Å². The van der Waals surface area contributed by atoms with E-state index in [0.29, 0.717) is 0 Å². The fraction of sp³-hybridized carbons (Fsp3) is 0.875. The first kappa shape index (κ1) is 31.4. The average molecular weight is 472 g/mol. The van der Waals surface area contributed by atoms with E-state index in [0.717, 1.165) is 11.7 Å². The first-order valence-electron chi connectivity index (χ1n) is 15.9. The van der Waals surface area contributed by atoms with Gasteiger partial charge in [0.15, 0.2) is 0 Å². The third kappa shape index (κ3) is 15.4. The molecule has 0 amide bonds. The van der Waals surface area contributed by atoms with Gasteiger partial charge >= 0.3 is 0 Å². The van der Waals surface area contributed by atoms with Crippen molar-refractivity contribution in [3.05, 3.63) is 24.0 Å². The highest BCUT2D eigenvalue weighted by molar-refractivity contribution is 6.36. The van der Waals surface area contributed by atoms with Crippen molar-refractivity contribution in [3.63, 3.8) is 0 Å². The average Bonchev–Trinajstić information content (AvgIpc) is 3.30. The van der Waals surface area contributed by atoms with Crippen molar-refractivity contribution in [3.8, 4) is 0 Å². The highest BCUT2D eigenvalue weighted by atomic mass is 14.9. The highest BCUT2D eigenvalue weighted by Crippen LogP contribution is 2.31. The van der Waals surface area contributed by atoms with Crippen LogP contribution in [0.2, 0.25) is 5.82 Å². The van der Waals surface area contributed by atoms with Crippen molar-refractivity contribution in [2.45, 2.75) is 181 Å². The number of unbranched alkanes of at least 4 members (excludes halogenated alkanes) is 14. The molecule has 198 valence electrons. The highest BCUT2D eigenvalue weighted by Gasteiger charge is 2.19. The van der Waals surface area contributed by atoms with Crippen LogP contribution < -0.4 is 0 Å². The maximum absolute atomic E-state index is 2.70. The topological polar surface area (TPSA) is 4.93 Å². The SMILES string of the molecule is CCCCCCCC(Bn1cccc1C(CCCCCC)CCCCCC)CCCCCCC. The summed E-state index contributed by atoms with van der Waals surface area (Å²) in [5, 5.41) is 0. The Bertz CT molecular complexity index is 511. The van der Waals surface area contributed by atoms with Crippen LogP contribution in [0, 0.1) is 0 Å². The second kappa shape index (κ2) is 22.8. The predicted octanol–water partition coefficient (Wildman–Crippen LogP) is 11.2. The summed E-state index contributed by atoms with van der Waals surface area (Å²) >= 11 is 0. The van der Waals surface area contributed by atoms with Gasteiger partial charge in [0, 0.05) is 5.69 Å². The van der Waals surface area contributed by atoms with Gasteiger partial charge < -0.3 is 4.48 Å². The summed E-state index contributed by atoms with van der Waals surface area (Å²) in [6.07, 6.45) is 33.4. The van der Waals surface area contributed by atoms with Crippen molar-refractivity contribution >= 4 is 7.41 Å². The minimum absolute atomic E-state index is 0.776. The molecular formula is C32H62BN. The number of hydrogen-bond acceptors (Lipinski definition) is 0. The number of rotatable bonds is 25. The zero-order chi connectivity index (χ0) is 24.7. The first-order chi connectivity index (χ1) is 16.8. The molecule has 0 atom stereocenters. The van der Waals surface area contributed by atoms with E-state index >= 15 is 0 Å². The molecule has 0 spiro atoms. The van der Waals surface area contributed by atoms with Crippen molar-refractivity contribution in [1.82, 2.24) is 4.48 Å². The van der Waals surface area contributed by atoms with E-state index in [4.69, 9.17) is 0 Å². The summed E-state index contributed by atoms with van der Waals surface area (Å²) in [4.78, 5) is 0. The molecule has 0 unspecified atom stereocenters.